The Morgan fingerprint density at radius 2 is 1.87 bits per heavy atom. The van der Waals surface area contributed by atoms with Gasteiger partial charge in [0.05, 0.1) is 23.8 Å². The number of anilines is 2. The van der Waals surface area contributed by atoms with Crippen LogP contribution >= 0.6 is 11.6 Å². The Morgan fingerprint density at radius 1 is 1.17 bits per heavy atom. The van der Waals surface area contributed by atoms with Crippen molar-refractivity contribution in [1.29, 1.82) is 0 Å². The minimum Gasteiger partial charge on any atom is -0.341 e. The molecule has 3 rings (SSSR count). The Kier molecular flexibility index (Phi) is 4.68. The Morgan fingerprint density at radius 3 is 2.52 bits per heavy atom. The summed E-state index contributed by atoms with van der Waals surface area (Å²) in [6, 6.07) is 6.78. The second-order valence-corrected chi connectivity index (χ2v) is 7.62. The van der Waals surface area contributed by atoms with Crippen molar-refractivity contribution in [2.45, 2.75) is 18.6 Å². The summed E-state index contributed by atoms with van der Waals surface area (Å²) in [5.41, 5.74) is 0.981. The monoisotopic (exact) mass is 352 g/mol. The van der Waals surface area contributed by atoms with E-state index in [0.717, 1.165) is 25.9 Å². The van der Waals surface area contributed by atoms with Crippen LogP contribution in [0.3, 0.4) is 0 Å². The number of nitrogens with zero attached hydrogens (tertiary/aromatic N) is 3. The van der Waals surface area contributed by atoms with Gasteiger partial charge in [0, 0.05) is 18.1 Å². The van der Waals surface area contributed by atoms with E-state index >= 15 is 0 Å². The fourth-order valence-corrected chi connectivity index (χ4v) is 3.88. The number of benzene rings is 1. The predicted octanol–water partition coefficient (Wildman–Crippen LogP) is 2.67. The second kappa shape index (κ2) is 6.72. The van der Waals surface area contributed by atoms with Gasteiger partial charge in [0.15, 0.2) is 0 Å². The number of nitrogens with one attached hydrogen (secondary N) is 1. The summed E-state index contributed by atoms with van der Waals surface area (Å²) in [4.78, 5) is 10.6. The van der Waals surface area contributed by atoms with Crippen molar-refractivity contribution >= 4 is 33.3 Å². The van der Waals surface area contributed by atoms with Gasteiger partial charge in [-0.15, -0.1) is 0 Å². The average molecular weight is 353 g/mol. The molecule has 0 bridgehead atoms. The third-order valence-corrected chi connectivity index (χ3v) is 5.04. The molecule has 122 valence electrons. The summed E-state index contributed by atoms with van der Waals surface area (Å²) in [5, 5.41) is 0.510. The predicted molar refractivity (Wildman–Crippen MR) is 91.2 cm³/mol. The van der Waals surface area contributed by atoms with E-state index in [4.69, 9.17) is 11.6 Å². The first-order valence-corrected chi connectivity index (χ1v) is 9.37. The van der Waals surface area contributed by atoms with Gasteiger partial charge in [0.1, 0.15) is 0 Å². The zero-order valence-corrected chi connectivity index (χ0v) is 14.0. The first-order chi connectivity index (χ1) is 11.0. The van der Waals surface area contributed by atoms with Crippen molar-refractivity contribution in [3.63, 3.8) is 0 Å². The molecule has 1 N–H and O–H groups in total. The summed E-state index contributed by atoms with van der Waals surface area (Å²) in [5.74, 6) is 0.488. The molecule has 2 heterocycles. The summed E-state index contributed by atoms with van der Waals surface area (Å²) >= 11 is 5.87. The zero-order chi connectivity index (χ0) is 16.3. The smallest absolute Gasteiger partial charge is 0.237 e. The van der Waals surface area contributed by atoms with E-state index in [2.05, 4.69) is 19.6 Å². The van der Waals surface area contributed by atoms with Gasteiger partial charge in [0.25, 0.3) is 0 Å². The first-order valence-electron chi connectivity index (χ1n) is 7.34. The lowest BCUT2D eigenvalue weighted by Gasteiger charge is -2.15. The molecule has 0 saturated carbocycles. The van der Waals surface area contributed by atoms with Gasteiger partial charge in [-0.3, -0.25) is 4.72 Å². The van der Waals surface area contributed by atoms with Gasteiger partial charge in [-0.05, 0) is 30.5 Å². The third-order valence-electron chi connectivity index (χ3n) is 3.55. The highest BCUT2D eigenvalue weighted by molar-refractivity contribution is 7.91. The van der Waals surface area contributed by atoms with Gasteiger partial charge in [0.2, 0.25) is 16.0 Å². The molecule has 1 aliphatic heterocycles. The zero-order valence-electron chi connectivity index (χ0n) is 12.4. The van der Waals surface area contributed by atoms with E-state index in [9.17, 15) is 8.42 Å². The lowest BCUT2D eigenvalue weighted by atomic mass is 10.2. The lowest BCUT2D eigenvalue weighted by molar-refractivity contribution is 0.600. The molecule has 0 radical (unpaired) electrons. The largest absolute Gasteiger partial charge is 0.341 e. The van der Waals surface area contributed by atoms with Crippen LogP contribution < -0.4 is 9.62 Å². The molecule has 0 amide bonds. The highest BCUT2D eigenvalue weighted by Crippen LogP contribution is 2.18. The molecule has 6 nitrogen and oxygen atoms in total. The minimum atomic E-state index is -3.54. The van der Waals surface area contributed by atoms with Crippen LogP contribution in [0.4, 0.5) is 11.6 Å². The summed E-state index contributed by atoms with van der Waals surface area (Å²) in [6.07, 6.45) is 5.26. The van der Waals surface area contributed by atoms with Crippen LogP contribution in [0.25, 0.3) is 0 Å². The van der Waals surface area contributed by atoms with E-state index in [1.165, 1.54) is 12.4 Å². The second-order valence-electron chi connectivity index (χ2n) is 5.46. The van der Waals surface area contributed by atoms with E-state index in [1.807, 2.05) is 0 Å². The molecule has 0 atom stereocenters. The van der Waals surface area contributed by atoms with E-state index < -0.39 is 10.0 Å². The molecule has 1 aromatic carbocycles. The number of aromatic nitrogens is 2. The van der Waals surface area contributed by atoms with Gasteiger partial charge in [-0.1, -0.05) is 23.7 Å². The van der Waals surface area contributed by atoms with Crippen molar-refractivity contribution < 1.29 is 8.42 Å². The van der Waals surface area contributed by atoms with Crippen LogP contribution in [-0.2, 0) is 15.8 Å². The summed E-state index contributed by atoms with van der Waals surface area (Å²) < 4.78 is 26.9. The van der Waals surface area contributed by atoms with Gasteiger partial charge < -0.3 is 4.90 Å². The van der Waals surface area contributed by atoms with Crippen molar-refractivity contribution in [3.8, 4) is 0 Å². The van der Waals surface area contributed by atoms with Crippen molar-refractivity contribution in [1.82, 2.24) is 9.97 Å². The summed E-state index contributed by atoms with van der Waals surface area (Å²) in [7, 11) is -3.54. The molecule has 1 aliphatic rings. The van der Waals surface area contributed by atoms with Crippen LogP contribution in [0, 0.1) is 0 Å². The van der Waals surface area contributed by atoms with Crippen LogP contribution in [0.2, 0.25) is 5.02 Å². The molecule has 0 unspecified atom stereocenters. The molecular formula is C15H17ClN4O2S. The first kappa shape index (κ1) is 16.0. The Balaban J connectivity index is 1.67. The molecular weight excluding hydrogens is 336 g/mol. The van der Waals surface area contributed by atoms with Gasteiger partial charge in [-0.25, -0.2) is 18.4 Å². The lowest BCUT2D eigenvalue weighted by Crippen LogP contribution is -2.21. The molecule has 1 saturated heterocycles. The SMILES string of the molecule is O=S(=O)(Cc1cccc(Cl)c1)Nc1cnc(N2CCCC2)nc1. The summed E-state index contributed by atoms with van der Waals surface area (Å²) in [6.45, 7) is 1.89. The Bertz CT molecular complexity index is 774. The van der Waals surface area contributed by atoms with Crippen LogP contribution in [0.15, 0.2) is 36.7 Å². The minimum absolute atomic E-state index is 0.151. The number of sulfonamides is 1. The number of hydrogen-bond donors (Lipinski definition) is 1. The molecule has 23 heavy (non-hydrogen) atoms. The van der Waals surface area contributed by atoms with Gasteiger partial charge in [-0.2, -0.15) is 0 Å². The highest BCUT2D eigenvalue weighted by atomic mass is 35.5. The Labute approximate surface area is 140 Å². The fourth-order valence-electron chi connectivity index (χ4n) is 2.52. The molecule has 1 aromatic heterocycles. The van der Waals surface area contributed by atoms with Crippen molar-refractivity contribution in [2.24, 2.45) is 0 Å². The highest BCUT2D eigenvalue weighted by Gasteiger charge is 2.16. The maximum atomic E-state index is 12.2. The number of hydrogen-bond acceptors (Lipinski definition) is 5. The Hall–Kier alpha value is -1.86. The molecule has 0 aliphatic carbocycles. The van der Waals surface area contributed by atoms with E-state index in [1.54, 1.807) is 24.3 Å². The van der Waals surface area contributed by atoms with Crippen LogP contribution in [0.5, 0.6) is 0 Å². The number of rotatable bonds is 5. The molecule has 2 aromatic rings. The van der Waals surface area contributed by atoms with Gasteiger partial charge >= 0.3 is 0 Å². The molecule has 8 heteroatoms. The normalized spacial score (nSPS) is 14.9. The van der Waals surface area contributed by atoms with Crippen molar-refractivity contribution in [2.75, 3.05) is 22.7 Å². The van der Waals surface area contributed by atoms with E-state index in [0.29, 0.717) is 22.2 Å². The maximum Gasteiger partial charge on any atom is 0.237 e. The molecule has 1 fully saturated rings. The topological polar surface area (TPSA) is 75.2 Å². The fraction of sp³-hybridized carbons (Fsp3) is 0.333. The van der Waals surface area contributed by atoms with Crippen molar-refractivity contribution in [3.05, 3.63) is 47.2 Å². The quantitative estimate of drug-likeness (QED) is 0.895. The third kappa shape index (κ3) is 4.33. The van der Waals surface area contributed by atoms with E-state index in [-0.39, 0.29) is 5.75 Å². The number of halogens is 1. The molecule has 0 spiro atoms. The average Bonchev–Trinajstić information content (AvgIpc) is 3.01. The maximum absolute atomic E-state index is 12.2. The standard InChI is InChI=1S/C15H17ClN4O2S/c16-13-5-3-4-12(8-13)11-23(21,22)19-14-9-17-15(18-10-14)20-6-1-2-7-20/h3-5,8-10,19H,1-2,6-7,11H2. The van der Waals surface area contributed by atoms with Crippen LogP contribution in [0.1, 0.15) is 18.4 Å². The van der Waals surface area contributed by atoms with Crippen LogP contribution in [-0.4, -0.2) is 31.5 Å².